The summed E-state index contributed by atoms with van der Waals surface area (Å²) in [6, 6.07) is 9.96. The van der Waals surface area contributed by atoms with Crippen molar-refractivity contribution < 1.29 is 9.47 Å². The van der Waals surface area contributed by atoms with Gasteiger partial charge in [0.2, 0.25) is 11.8 Å². The van der Waals surface area contributed by atoms with Crippen molar-refractivity contribution in [1.29, 1.82) is 0 Å². The predicted octanol–water partition coefficient (Wildman–Crippen LogP) is 3.18. The Morgan fingerprint density at radius 3 is 2.83 bits per heavy atom. The summed E-state index contributed by atoms with van der Waals surface area (Å²) in [6.07, 6.45) is 4.89. The van der Waals surface area contributed by atoms with E-state index in [1.54, 1.807) is 19.4 Å². The second-order valence-corrected chi connectivity index (χ2v) is 5.25. The lowest BCUT2D eigenvalue weighted by molar-refractivity contribution is 0.339. The average molecular weight is 311 g/mol. The summed E-state index contributed by atoms with van der Waals surface area (Å²) in [7, 11) is 1.62. The maximum absolute atomic E-state index is 5.74. The first-order valence-electron chi connectivity index (χ1n) is 7.85. The van der Waals surface area contributed by atoms with Crippen LogP contribution in [0.5, 0.6) is 11.6 Å². The number of methoxy groups -OCH3 is 1. The first kappa shape index (κ1) is 15.3. The van der Waals surface area contributed by atoms with Crippen LogP contribution >= 0.6 is 0 Å². The van der Waals surface area contributed by atoms with Crippen LogP contribution in [0.4, 0.5) is 5.95 Å². The SMILES string of the molecule is CCOc1ccccc1C1=CCN(c2nccc(OC)n2)CC1. The van der Waals surface area contributed by atoms with Crippen LogP contribution in [-0.2, 0) is 0 Å². The molecule has 0 atom stereocenters. The first-order valence-corrected chi connectivity index (χ1v) is 7.85. The molecule has 5 nitrogen and oxygen atoms in total. The zero-order chi connectivity index (χ0) is 16.1. The van der Waals surface area contributed by atoms with Gasteiger partial charge in [0.05, 0.1) is 13.7 Å². The number of para-hydroxylation sites is 1. The Morgan fingerprint density at radius 2 is 2.09 bits per heavy atom. The van der Waals surface area contributed by atoms with Crippen molar-refractivity contribution in [3.05, 3.63) is 48.2 Å². The summed E-state index contributed by atoms with van der Waals surface area (Å²) in [5.74, 6) is 2.25. The minimum atomic E-state index is 0.589. The fourth-order valence-corrected chi connectivity index (χ4v) is 2.71. The number of benzene rings is 1. The number of nitrogens with zero attached hydrogens (tertiary/aromatic N) is 3. The molecule has 0 saturated carbocycles. The summed E-state index contributed by atoms with van der Waals surface area (Å²) < 4.78 is 10.9. The Hall–Kier alpha value is -2.56. The molecule has 0 bridgehead atoms. The molecule has 0 N–H and O–H groups in total. The minimum absolute atomic E-state index is 0.589. The van der Waals surface area contributed by atoms with E-state index in [4.69, 9.17) is 9.47 Å². The van der Waals surface area contributed by atoms with Gasteiger partial charge in [-0.1, -0.05) is 24.3 Å². The highest BCUT2D eigenvalue weighted by Gasteiger charge is 2.17. The van der Waals surface area contributed by atoms with E-state index < -0.39 is 0 Å². The third-order valence-electron chi connectivity index (χ3n) is 3.85. The van der Waals surface area contributed by atoms with Gasteiger partial charge in [0.25, 0.3) is 0 Å². The Labute approximate surface area is 136 Å². The number of aromatic nitrogens is 2. The van der Waals surface area contributed by atoms with Crippen molar-refractivity contribution >= 4 is 11.5 Å². The van der Waals surface area contributed by atoms with Gasteiger partial charge < -0.3 is 14.4 Å². The Morgan fingerprint density at radius 1 is 1.22 bits per heavy atom. The molecular formula is C18H21N3O2. The molecule has 0 radical (unpaired) electrons. The highest BCUT2D eigenvalue weighted by Crippen LogP contribution is 2.31. The van der Waals surface area contributed by atoms with E-state index in [9.17, 15) is 0 Å². The molecule has 120 valence electrons. The quantitative estimate of drug-likeness (QED) is 0.849. The number of hydrogen-bond donors (Lipinski definition) is 0. The third-order valence-corrected chi connectivity index (χ3v) is 3.85. The van der Waals surface area contributed by atoms with Gasteiger partial charge in [0.1, 0.15) is 5.75 Å². The van der Waals surface area contributed by atoms with Gasteiger partial charge in [-0.15, -0.1) is 0 Å². The second-order valence-electron chi connectivity index (χ2n) is 5.25. The molecule has 0 fully saturated rings. The lowest BCUT2D eigenvalue weighted by atomic mass is 9.98. The topological polar surface area (TPSA) is 47.5 Å². The van der Waals surface area contributed by atoms with Crippen LogP contribution in [0.3, 0.4) is 0 Å². The van der Waals surface area contributed by atoms with Gasteiger partial charge in [-0.05, 0) is 25.0 Å². The molecule has 0 amide bonds. The number of rotatable bonds is 5. The van der Waals surface area contributed by atoms with Gasteiger partial charge in [-0.3, -0.25) is 0 Å². The molecule has 5 heteroatoms. The molecule has 0 unspecified atom stereocenters. The van der Waals surface area contributed by atoms with Crippen LogP contribution in [0.2, 0.25) is 0 Å². The fraction of sp³-hybridized carbons (Fsp3) is 0.333. The number of hydrogen-bond acceptors (Lipinski definition) is 5. The van der Waals surface area contributed by atoms with Crippen LogP contribution in [0, 0.1) is 0 Å². The Balaban J connectivity index is 1.78. The van der Waals surface area contributed by atoms with Crippen molar-refractivity contribution in [3.63, 3.8) is 0 Å². The summed E-state index contributed by atoms with van der Waals surface area (Å²) in [5.41, 5.74) is 2.49. The smallest absolute Gasteiger partial charge is 0.228 e. The molecule has 1 aliphatic rings. The highest BCUT2D eigenvalue weighted by atomic mass is 16.5. The second kappa shape index (κ2) is 7.13. The van der Waals surface area contributed by atoms with E-state index in [1.807, 2.05) is 19.1 Å². The first-order chi connectivity index (χ1) is 11.3. The lowest BCUT2D eigenvalue weighted by Gasteiger charge is -2.27. The molecule has 1 aromatic heterocycles. The van der Waals surface area contributed by atoms with Gasteiger partial charge in [0.15, 0.2) is 0 Å². The molecule has 23 heavy (non-hydrogen) atoms. The predicted molar refractivity (Wildman–Crippen MR) is 91.0 cm³/mol. The minimum Gasteiger partial charge on any atom is -0.493 e. The summed E-state index contributed by atoms with van der Waals surface area (Å²) >= 11 is 0. The van der Waals surface area contributed by atoms with Gasteiger partial charge in [-0.25, -0.2) is 4.98 Å². The highest BCUT2D eigenvalue weighted by molar-refractivity contribution is 5.72. The summed E-state index contributed by atoms with van der Waals surface area (Å²) in [5, 5.41) is 0. The normalized spacial score (nSPS) is 14.3. The van der Waals surface area contributed by atoms with Crippen molar-refractivity contribution in [1.82, 2.24) is 9.97 Å². The van der Waals surface area contributed by atoms with Crippen LogP contribution in [0.25, 0.3) is 5.57 Å². The van der Waals surface area contributed by atoms with Gasteiger partial charge >= 0.3 is 0 Å². The molecular weight excluding hydrogens is 290 g/mol. The molecule has 0 saturated heterocycles. The standard InChI is InChI=1S/C18H21N3O2/c1-3-23-16-7-5-4-6-15(16)14-9-12-21(13-10-14)18-19-11-8-17(20-18)22-2/h4-9,11H,3,10,12-13H2,1-2H3. The monoisotopic (exact) mass is 311 g/mol. The summed E-state index contributed by atoms with van der Waals surface area (Å²) in [4.78, 5) is 10.9. The van der Waals surface area contributed by atoms with Crippen LogP contribution < -0.4 is 14.4 Å². The summed E-state index contributed by atoms with van der Waals surface area (Å²) in [6.45, 7) is 4.34. The van der Waals surface area contributed by atoms with Crippen molar-refractivity contribution in [2.75, 3.05) is 31.7 Å². The maximum atomic E-state index is 5.74. The zero-order valence-electron chi connectivity index (χ0n) is 13.5. The van der Waals surface area contributed by atoms with Crippen LogP contribution in [0.1, 0.15) is 18.9 Å². The average Bonchev–Trinajstić information content (AvgIpc) is 2.63. The van der Waals surface area contributed by atoms with Gasteiger partial charge in [0, 0.05) is 30.9 Å². The number of ether oxygens (including phenoxy) is 2. The van der Waals surface area contributed by atoms with E-state index in [0.717, 1.165) is 25.3 Å². The lowest BCUT2D eigenvalue weighted by Crippen LogP contribution is -2.29. The molecule has 1 aromatic carbocycles. The van der Waals surface area contributed by atoms with E-state index in [-0.39, 0.29) is 0 Å². The van der Waals surface area contributed by atoms with Gasteiger partial charge in [-0.2, -0.15) is 4.98 Å². The molecule has 0 aliphatic carbocycles. The van der Waals surface area contributed by atoms with Crippen molar-refractivity contribution in [2.45, 2.75) is 13.3 Å². The van der Waals surface area contributed by atoms with E-state index in [0.29, 0.717) is 18.4 Å². The van der Waals surface area contributed by atoms with E-state index in [2.05, 4.69) is 33.1 Å². The molecule has 3 rings (SSSR count). The van der Waals surface area contributed by atoms with E-state index >= 15 is 0 Å². The molecule has 2 aromatic rings. The van der Waals surface area contributed by atoms with Crippen LogP contribution in [0.15, 0.2) is 42.6 Å². The van der Waals surface area contributed by atoms with Crippen molar-refractivity contribution in [3.8, 4) is 11.6 Å². The zero-order valence-corrected chi connectivity index (χ0v) is 13.5. The molecule has 2 heterocycles. The fourth-order valence-electron chi connectivity index (χ4n) is 2.71. The Kier molecular flexibility index (Phi) is 4.76. The van der Waals surface area contributed by atoms with Crippen LogP contribution in [-0.4, -0.2) is 36.8 Å². The number of anilines is 1. The third kappa shape index (κ3) is 3.44. The Bertz CT molecular complexity index is 700. The maximum Gasteiger partial charge on any atom is 0.228 e. The van der Waals surface area contributed by atoms with Crippen molar-refractivity contribution in [2.24, 2.45) is 0 Å². The largest absolute Gasteiger partial charge is 0.493 e. The molecule has 1 aliphatic heterocycles. The molecule has 0 spiro atoms. The van der Waals surface area contributed by atoms with E-state index in [1.165, 1.54) is 11.1 Å².